The van der Waals surface area contributed by atoms with Gasteiger partial charge in [0.15, 0.2) is 0 Å². The molecule has 3 aromatic rings. The van der Waals surface area contributed by atoms with Crippen LogP contribution in [0.2, 0.25) is 0 Å². The highest BCUT2D eigenvalue weighted by Crippen LogP contribution is 2.30. The van der Waals surface area contributed by atoms with Gasteiger partial charge in [-0.3, -0.25) is 4.79 Å². The Morgan fingerprint density at radius 3 is 2.70 bits per heavy atom. The minimum absolute atomic E-state index is 0.00118. The highest BCUT2D eigenvalue weighted by atomic mass is 31.0. The Hall–Kier alpha value is -2.70. The summed E-state index contributed by atoms with van der Waals surface area (Å²) in [4.78, 5) is 12.5. The standard InChI is InChI=1S/C17H13N4OP/c18-10-11-4-6-12(7-5-11)21-15-8-9-20(23)17(22)13-2-1-3-14(19-21)16(13)15/h1-7H,8-9,23H2. The van der Waals surface area contributed by atoms with Gasteiger partial charge in [0.1, 0.15) is 0 Å². The molecule has 2 heterocycles. The van der Waals surface area contributed by atoms with Gasteiger partial charge in [0.2, 0.25) is 0 Å². The smallest absolute Gasteiger partial charge is 0.257 e. The van der Waals surface area contributed by atoms with Gasteiger partial charge in [-0.05, 0) is 45.8 Å². The van der Waals surface area contributed by atoms with Crippen LogP contribution in [0.3, 0.4) is 0 Å². The van der Waals surface area contributed by atoms with Gasteiger partial charge < -0.3 is 4.67 Å². The molecule has 0 fully saturated rings. The number of hydrogen-bond donors (Lipinski definition) is 0. The van der Waals surface area contributed by atoms with Crippen LogP contribution in [0.5, 0.6) is 0 Å². The third-order valence-corrected chi connectivity index (χ3v) is 4.61. The van der Waals surface area contributed by atoms with Crippen molar-refractivity contribution in [2.75, 3.05) is 6.54 Å². The molecule has 0 saturated carbocycles. The zero-order chi connectivity index (χ0) is 16.0. The number of benzene rings is 2. The van der Waals surface area contributed by atoms with E-state index in [4.69, 9.17) is 5.26 Å². The molecule has 1 aromatic heterocycles. The average Bonchev–Trinajstić information content (AvgIpc) is 2.91. The summed E-state index contributed by atoms with van der Waals surface area (Å²) in [6, 6.07) is 15.1. The molecule has 2 aromatic carbocycles. The highest BCUT2D eigenvalue weighted by Gasteiger charge is 2.25. The van der Waals surface area contributed by atoms with Gasteiger partial charge >= 0.3 is 0 Å². The number of nitriles is 1. The summed E-state index contributed by atoms with van der Waals surface area (Å²) in [7, 11) is 2.49. The zero-order valence-electron chi connectivity index (χ0n) is 12.2. The van der Waals surface area contributed by atoms with Crippen LogP contribution < -0.4 is 0 Å². The molecule has 1 aliphatic heterocycles. The maximum absolute atomic E-state index is 12.5. The van der Waals surface area contributed by atoms with Crippen LogP contribution in [0.15, 0.2) is 42.5 Å². The number of rotatable bonds is 1. The molecule has 0 saturated heterocycles. The van der Waals surface area contributed by atoms with Crippen molar-refractivity contribution in [3.63, 3.8) is 0 Å². The van der Waals surface area contributed by atoms with E-state index in [1.165, 1.54) is 0 Å². The fourth-order valence-corrected chi connectivity index (χ4v) is 3.25. The molecule has 23 heavy (non-hydrogen) atoms. The molecule has 0 bridgehead atoms. The molecule has 1 aliphatic rings. The summed E-state index contributed by atoms with van der Waals surface area (Å²) in [5, 5.41) is 14.5. The zero-order valence-corrected chi connectivity index (χ0v) is 13.4. The van der Waals surface area contributed by atoms with Gasteiger partial charge in [-0.15, -0.1) is 0 Å². The molecule has 4 rings (SSSR count). The minimum Gasteiger partial charge on any atom is -0.323 e. The van der Waals surface area contributed by atoms with Crippen LogP contribution in [-0.4, -0.2) is 26.9 Å². The Morgan fingerprint density at radius 1 is 1.17 bits per heavy atom. The van der Waals surface area contributed by atoms with Crippen molar-refractivity contribution >= 4 is 26.2 Å². The van der Waals surface area contributed by atoms with Crippen molar-refractivity contribution < 1.29 is 4.79 Å². The van der Waals surface area contributed by atoms with Gasteiger partial charge in [-0.2, -0.15) is 10.4 Å². The third-order valence-electron chi connectivity index (χ3n) is 4.12. The maximum atomic E-state index is 12.5. The van der Waals surface area contributed by atoms with Crippen LogP contribution in [0.1, 0.15) is 21.6 Å². The topological polar surface area (TPSA) is 61.9 Å². The first kappa shape index (κ1) is 13.9. The normalized spacial score (nSPS) is 13.9. The Bertz CT molecular complexity index is 969. The fourth-order valence-electron chi connectivity index (χ4n) is 2.98. The Balaban J connectivity index is 1.98. The van der Waals surface area contributed by atoms with E-state index >= 15 is 0 Å². The summed E-state index contributed by atoms with van der Waals surface area (Å²) >= 11 is 0. The predicted molar refractivity (Wildman–Crippen MR) is 90.2 cm³/mol. The monoisotopic (exact) mass is 320 g/mol. The number of carbonyl (C=O) groups excluding carboxylic acids is 1. The number of aromatic nitrogens is 2. The van der Waals surface area contributed by atoms with Crippen molar-refractivity contribution in [1.29, 1.82) is 5.26 Å². The van der Waals surface area contributed by atoms with E-state index in [1.807, 2.05) is 35.0 Å². The van der Waals surface area contributed by atoms with Crippen molar-refractivity contribution in [3.8, 4) is 11.8 Å². The third kappa shape index (κ3) is 2.11. The molecule has 5 nitrogen and oxygen atoms in total. The Kier molecular flexibility index (Phi) is 3.14. The second-order valence-corrected chi connectivity index (χ2v) is 6.09. The summed E-state index contributed by atoms with van der Waals surface area (Å²) in [6.45, 7) is 0.620. The molecule has 1 amide bonds. The number of carbonyl (C=O) groups is 1. The van der Waals surface area contributed by atoms with Crippen LogP contribution >= 0.6 is 9.39 Å². The van der Waals surface area contributed by atoms with Crippen LogP contribution in [-0.2, 0) is 6.42 Å². The quantitative estimate of drug-likeness (QED) is 0.648. The lowest BCUT2D eigenvalue weighted by molar-refractivity contribution is 0.0875. The lowest BCUT2D eigenvalue weighted by atomic mass is 10.1. The molecule has 0 aliphatic carbocycles. The van der Waals surface area contributed by atoms with Gasteiger partial charge in [-0.1, -0.05) is 6.07 Å². The maximum Gasteiger partial charge on any atom is 0.257 e. The van der Waals surface area contributed by atoms with Crippen LogP contribution in [0.25, 0.3) is 16.6 Å². The Labute approximate surface area is 135 Å². The van der Waals surface area contributed by atoms with Crippen molar-refractivity contribution in [2.45, 2.75) is 6.42 Å². The minimum atomic E-state index is -0.00118. The predicted octanol–water partition coefficient (Wildman–Crippen LogP) is 2.69. The van der Waals surface area contributed by atoms with E-state index in [2.05, 4.69) is 20.6 Å². The Morgan fingerprint density at radius 2 is 1.96 bits per heavy atom. The summed E-state index contributed by atoms with van der Waals surface area (Å²) in [5.41, 5.74) is 4.04. The number of nitrogens with zero attached hydrogens (tertiary/aromatic N) is 4. The van der Waals surface area contributed by atoms with Crippen molar-refractivity contribution in [2.24, 2.45) is 0 Å². The van der Waals surface area contributed by atoms with E-state index in [0.717, 1.165) is 28.7 Å². The molecule has 112 valence electrons. The fraction of sp³-hybridized carbons (Fsp3) is 0.118. The molecular formula is C17H13N4OP. The molecular weight excluding hydrogens is 307 g/mol. The molecule has 0 spiro atoms. The lowest BCUT2D eigenvalue weighted by Gasteiger charge is -2.14. The number of amides is 1. The highest BCUT2D eigenvalue weighted by molar-refractivity contribution is 7.14. The second kappa shape index (κ2) is 5.19. The van der Waals surface area contributed by atoms with Gasteiger partial charge in [0, 0.05) is 18.4 Å². The van der Waals surface area contributed by atoms with E-state index < -0.39 is 0 Å². The van der Waals surface area contributed by atoms with E-state index in [-0.39, 0.29) is 5.91 Å². The molecule has 1 unspecified atom stereocenters. The van der Waals surface area contributed by atoms with Crippen LogP contribution in [0.4, 0.5) is 0 Å². The summed E-state index contributed by atoms with van der Waals surface area (Å²) in [6.07, 6.45) is 0.725. The van der Waals surface area contributed by atoms with E-state index in [9.17, 15) is 4.79 Å². The lowest BCUT2D eigenvalue weighted by Crippen LogP contribution is -2.21. The van der Waals surface area contributed by atoms with E-state index in [1.54, 1.807) is 16.8 Å². The first-order valence-electron chi connectivity index (χ1n) is 7.27. The average molecular weight is 320 g/mol. The molecule has 6 heteroatoms. The van der Waals surface area contributed by atoms with Crippen molar-refractivity contribution in [3.05, 3.63) is 59.3 Å². The second-order valence-electron chi connectivity index (χ2n) is 5.47. The van der Waals surface area contributed by atoms with Gasteiger partial charge in [0.25, 0.3) is 5.91 Å². The molecule has 0 N–H and O–H groups in total. The SMILES string of the molecule is N#Cc1ccc(-n2nc3cccc4c3c2CCN(P)C4=O)cc1. The van der Waals surface area contributed by atoms with Gasteiger partial charge in [-0.25, -0.2) is 4.68 Å². The van der Waals surface area contributed by atoms with Crippen LogP contribution in [0, 0.1) is 11.3 Å². The number of hydrogen-bond acceptors (Lipinski definition) is 3. The first-order valence-corrected chi connectivity index (χ1v) is 7.78. The first-order chi connectivity index (χ1) is 11.2. The summed E-state index contributed by atoms with van der Waals surface area (Å²) < 4.78 is 3.55. The molecule has 1 atom stereocenters. The molecule has 0 radical (unpaired) electrons. The van der Waals surface area contributed by atoms with E-state index in [0.29, 0.717) is 17.7 Å². The summed E-state index contributed by atoms with van der Waals surface area (Å²) in [5.74, 6) is -0.00118. The largest absolute Gasteiger partial charge is 0.323 e. The van der Waals surface area contributed by atoms with Gasteiger partial charge in [0.05, 0.1) is 34.1 Å². The van der Waals surface area contributed by atoms with Crippen molar-refractivity contribution in [1.82, 2.24) is 14.5 Å².